The van der Waals surface area contributed by atoms with Crippen LogP contribution in [0.5, 0.6) is 5.88 Å². The van der Waals surface area contributed by atoms with Crippen molar-refractivity contribution in [2.24, 2.45) is 0 Å². The topological polar surface area (TPSA) is 77.2 Å². The Hall–Kier alpha value is -3.39. The number of alkyl halides is 2. The molecule has 3 heterocycles. The Bertz CT molecular complexity index is 1370. The van der Waals surface area contributed by atoms with E-state index in [1.807, 2.05) is 24.3 Å². The van der Waals surface area contributed by atoms with Gasteiger partial charge in [-0.05, 0) is 54.7 Å². The van der Waals surface area contributed by atoms with Gasteiger partial charge in [-0.1, -0.05) is 18.9 Å². The Kier molecular flexibility index (Phi) is 5.76. The van der Waals surface area contributed by atoms with Gasteiger partial charge in [-0.3, -0.25) is 9.78 Å². The van der Waals surface area contributed by atoms with E-state index in [-0.39, 0.29) is 17.5 Å². The van der Waals surface area contributed by atoms with Gasteiger partial charge in [0.15, 0.2) is 0 Å². The summed E-state index contributed by atoms with van der Waals surface area (Å²) in [5, 5.41) is 12.6. The lowest BCUT2D eigenvalue weighted by atomic mass is 9.92. The lowest BCUT2D eigenvalue weighted by Crippen LogP contribution is -2.34. The summed E-state index contributed by atoms with van der Waals surface area (Å²) in [6, 6.07) is 10.5. The average Bonchev–Trinajstić information content (AvgIpc) is 2.80. The maximum absolute atomic E-state index is 13.5. The van der Waals surface area contributed by atoms with Crippen molar-refractivity contribution in [3.63, 3.8) is 0 Å². The lowest BCUT2D eigenvalue weighted by Gasteiger charge is -2.29. The first-order valence-corrected chi connectivity index (χ1v) is 11.0. The second-order valence-electron chi connectivity index (χ2n) is 8.40. The summed E-state index contributed by atoms with van der Waals surface area (Å²) in [7, 11) is 0. The van der Waals surface area contributed by atoms with Crippen LogP contribution in [-0.4, -0.2) is 32.4 Å². The van der Waals surface area contributed by atoms with Gasteiger partial charge in [0.25, 0.3) is 5.56 Å². The predicted octanol–water partition coefficient (Wildman–Crippen LogP) is 4.61. The van der Waals surface area contributed by atoms with Crippen LogP contribution in [0.2, 0.25) is 0 Å². The SMILES string of the molecule is O=c1c2cc(Cc3ccnc(OC(F)F)c3)c3cccnc3c2ccn1[C@H]1CCCC[C@@H]1O. The number of fused-ring (bicyclic) bond motifs is 3. The van der Waals surface area contributed by atoms with Gasteiger partial charge in [-0.25, -0.2) is 4.98 Å². The number of aliphatic hydroxyl groups excluding tert-OH is 1. The standard InChI is InChI=1S/C25H23F2N3O3/c26-25(27)33-22-13-15(7-10-28-22)12-16-14-19-18(23-17(16)4-3-9-29-23)8-11-30(24(19)32)20-5-1-2-6-21(20)31/h3-4,7-11,13-14,20-21,25,31H,1-2,5-6,12H2/t20-,21-/m0/s1. The molecule has 1 N–H and O–H groups in total. The monoisotopic (exact) mass is 451 g/mol. The lowest BCUT2D eigenvalue weighted by molar-refractivity contribution is -0.0528. The number of halogens is 2. The number of aliphatic hydroxyl groups is 1. The number of pyridine rings is 3. The molecular weight excluding hydrogens is 428 g/mol. The van der Waals surface area contributed by atoms with Crippen LogP contribution in [0.4, 0.5) is 8.78 Å². The molecule has 5 rings (SSSR count). The summed E-state index contributed by atoms with van der Waals surface area (Å²) in [6.07, 6.45) is 8.09. The van der Waals surface area contributed by atoms with E-state index in [4.69, 9.17) is 0 Å². The molecule has 2 atom stereocenters. The van der Waals surface area contributed by atoms with Crippen LogP contribution in [-0.2, 0) is 6.42 Å². The third-order valence-electron chi connectivity index (χ3n) is 6.34. The Morgan fingerprint density at radius 3 is 2.73 bits per heavy atom. The van der Waals surface area contributed by atoms with Crippen LogP contribution in [0, 0.1) is 0 Å². The van der Waals surface area contributed by atoms with Crippen molar-refractivity contribution < 1.29 is 18.6 Å². The molecule has 0 unspecified atom stereocenters. The molecule has 3 aromatic heterocycles. The van der Waals surface area contributed by atoms with Gasteiger partial charge in [-0.2, -0.15) is 8.78 Å². The zero-order valence-corrected chi connectivity index (χ0v) is 17.8. The maximum Gasteiger partial charge on any atom is 0.388 e. The van der Waals surface area contributed by atoms with Crippen LogP contribution < -0.4 is 10.3 Å². The molecule has 4 aromatic rings. The van der Waals surface area contributed by atoms with Gasteiger partial charge in [0.2, 0.25) is 5.88 Å². The van der Waals surface area contributed by atoms with E-state index in [1.54, 1.807) is 23.0 Å². The van der Waals surface area contributed by atoms with Crippen LogP contribution in [0.15, 0.2) is 59.8 Å². The highest BCUT2D eigenvalue weighted by atomic mass is 19.3. The van der Waals surface area contributed by atoms with Crippen LogP contribution >= 0.6 is 0 Å². The second kappa shape index (κ2) is 8.86. The number of rotatable bonds is 5. The number of hydrogen-bond acceptors (Lipinski definition) is 5. The summed E-state index contributed by atoms with van der Waals surface area (Å²) < 4.78 is 31.3. The molecule has 170 valence electrons. The Morgan fingerprint density at radius 1 is 1.06 bits per heavy atom. The van der Waals surface area contributed by atoms with Gasteiger partial charge in [-0.15, -0.1) is 0 Å². The van der Waals surface area contributed by atoms with Gasteiger partial charge < -0.3 is 14.4 Å². The van der Waals surface area contributed by atoms with E-state index in [9.17, 15) is 18.7 Å². The smallest absolute Gasteiger partial charge is 0.388 e. The molecule has 0 aliphatic heterocycles. The zero-order valence-electron chi connectivity index (χ0n) is 17.8. The number of benzene rings is 1. The third kappa shape index (κ3) is 4.18. The molecule has 0 radical (unpaired) electrons. The fraction of sp³-hybridized carbons (Fsp3) is 0.320. The van der Waals surface area contributed by atoms with Crippen LogP contribution in [0.25, 0.3) is 21.7 Å². The van der Waals surface area contributed by atoms with Crippen LogP contribution in [0.1, 0.15) is 42.9 Å². The largest absolute Gasteiger partial charge is 0.417 e. The minimum absolute atomic E-state index is 0.153. The number of nitrogens with zero attached hydrogens (tertiary/aromatic N) is 3. The molecule has 33 heavy (non-hydrogen) atoms. The van der Waals surface area contributed by atoms with E-state index in [2.05, 4.69) is 14.7 Å². The molecule has 1 fully saturated rings. The second-order valence-corrected chi connectivity index (χ2v) is 8.40. The molecule has 1 aliphatic rings. The van der Waals surface area contributed by atoms with E-state index in [0.717, 1.165) is 41.2 Å². The molecule has 0 bridgehead atoms. The fourth-order valence-electron chi connectivity index (χ4n) is 4.80. The van der Waals surface area contributed by atoms with Crippen molar-refractivity contribution in [2.75, 3.05) is 0 Å². The zero-order chi connectivity index (χ0) is 22.9. The third-order valence-corrected chi connectivity index (χ3v) is 6.34. The van der Waals surface area contributed by atoms with Gasteiger partial charge in [0, 0.05) is 40.8 Å². The molecule has 0 spiro atoms. The first kappa shape index (κ1) is 21.5. The average molecular weight is 451 g/mol. The Balaban J connectivity index is 1.64. The highest BCUT2D eigenvalue weighted by Crippen LogP contribution is 2.31. The molecule has 6 nitrogen and oxygen atoms in total. The molecular formula is C25H23F2N3O3. The highest BCUT2D eigenvalue weighted by Gasteiger charge is 2.26. The van der Waals surface area contributed by atoms with E-state index < -0.39 is 12.7 Å². The minimum atomic E-state index is -2.95. The molecule has 0 amide bonds. The minimum Gasteiger partial charge on any atom is -0.417 e. The van der Waals surface area contributed by atoms with Gasteiger partial charge >= 0.3 is 6.61 Å². The summed E-state index contributed by atoms with van der Waals surface area (Å²) >= 11 is 0. The Morgan fingerprint density at radius 2 is 1.91 bits per heavy atom. The highest BCUT2D eigenvalue weighted by molar-refractivity contribution is 6.06. The van der Waals surface area contributed by atoms with Crippen molar-refractivity contribution in [2.45, 2.75) is 50.9 Å². The normalized spacial score (nSPS) is 18.8. The first-order valence-electron chi connectivity index (χ1n) is 11.0. The summed E-state index contributed by atoms with van der Waals surface area (Å²) in [4.78, 5) is 21.9. The maximum atomic E-state index is 13.5. The van der Waals surface area contributed by atoms with E-state index in [0.29, 0.717) is 23.7 Å². The summed E-state index contributed by atoms with van der Waals surface area (Å²) in [5.74, 6) is -0.153. The van der Waals surface area contributed by atoms with Crippen molar-refractivity contribution in [1.82, 2.24) is 14.5 Å². The quantitative estimate of drug-likeness (QED) is 0.449. The van der Waals surface area contributed by atoms with Crippen molar-refractivity contribution in [3.05, 3.63) is 76.5 Å². The van der Waals surface area contributed by atoms with Crippen molar-refractivity contribution in [1.29, 1.82) is 0 Å². The molecule has 1 aliphatic carbocycles. The van der Waals surface area contributed by atoms with E-state index >= 15 is 0 Å². The molecule has 1 aromatic carbocycles. The summed E-state index contributed by atoms with van der Waals surface area (Å²) in [5.41, 5.74) is 2.11. The van der Waals surface area contributed by atoms with Crippen molar-refractivity contribution in [3.8, 4) is 5.88 Å². The number of aromatic nitrogens is 3. The van der Waals surface area contributed by atoms with Crippen LogP contribution in [0.3, 0.4) is 0 Å². The molecule has 8 heteroatoms. The molecule has 1 saturated carbocycles. The fourth-order valence-corrected chi connectivity index (χ4v) is 4.80. The number of ether oxygens (including phenoxy) is 1. The van der Waals surface area contributed by atoms with Crippen molar-refractivity contribution >= 4 is 21.7 Å². The predicted molar refractivity (Wildman–Crippen MR) is 121 cm³/mol. The molecule has 0 saturated heterocycles. The van der Waals surface area contributed by atoms with Gasteiger partial charge in [0.1, 0.15) is 0 Å². The van der Waals surface area contributed by atoms with E-state index in [1.165, 1.54) is 12.3 Å². The van der Waals surface area contributed by atoms with Gasteiger partial charge in [0.05, 0.1) is 17.7 Å². The summed E-state index contributed by atoms with van der Waals surface area (Å²) in [6.45, 7) is -2.95. The first-order chi connectivity index (χ1) is 16.0. The Labute approximate surface area is 188 Å². The number of hydrogen-bond donors (Lipinski definition) is 1.